The number of amides is 2. The number of likely N-dealkylation sites (tertiary alicyclic amines) is 1. The van der Waals surface area contributed by atoms with Crippen molar-refractivity contribution in [3.05, 3.63) is 0 Å². The van der Waals surface area contributed by atoms with Gasteiger partial charge in [-0.15, -0.1) is 0 Å². The maximum atomic E-state index is 11.8. The molecule has 0 radical (unpaired) electrons. The van der Waals surface area contributed by atoms with Gasteiger partial charge in [0, 0.05) is 0 Å². The van der Waals surface area contributed by atoms with E-state index in [1.54, 1.807) is 0 Å². The average Bonchev–Trinajstić information content (AvgIpc) is 2.21. The maximum absolute atomic E-state index is 11.8. The Kier molecular flexibility index (Phi) is 5.18. The molecule has 0 unspecified atom stereocenters. The minimum atomic E-state index is 0.282. The molecular weight excluding hydrogens is 298 g/mol. The van der Waals surface area contributed by atoms with Crippen molar-refractivity contribution in [1.29, 1.82) is 0 Å². The Balaban J connectivity index is 2.44. The first-order valence-electron chi connectivity index (χ1n) is 4.47. The second kappa shape index (κ2) is 5.92. The molecule has 0 aromatic heterocycles. The van der Waals surface area contributed by atoms with Gasteiger partial charge in [0.05, 0.1) is 0 Å². The first-order valence-corrected chi connectivity index (χ1v) is 9.42. The van der Waals surface area contributed by atoms with Crippen molar-refractivity contribution in [2.24, 2.45) is 0 Å². The molecule has 1 aliphatic rings. The van der Waals surface area contributed by atoms with Crippen molar-refractivity contribution >= 4 is 36.4 Å². The van der Waals surface area contributed by atoms with Crippen molar-refractivity contribution in [1.82, 2.24) is 7.83 Å². The Labute approximate surface area is 93.0 Å². The molecule has 3 nitrogen and oxygen atoms in total. The molecule has 5 heteroatoms. The van der Waals surface area contributed by atoms with E-state index in [1.165, 1.54) is 19.3 Å². The van der Waals surface area contributed by atoms with Crippen LogP contribution in [0, 0.1) is 0 Å². The fourth-order valence-corrected chi connectivity index (χ4v) is 4.51. The Bertz CT molecular complexity index is 168. The van der Waals surface area contributed by atoms with Gasteiger partial charge in [0.15, 0.2) is 0 Å². The van der Waals surface area contributed by atoms with Gasteiger partial charge in [-0.3, -0.25) is 0 Å². The molecule has 0 aliphatic carbocycles. The van der Waals surface area contributed by atoms with Crippen LogP contribution in [-0.2, 0) is 0 Å². The third-order valence-corrected chi connectivity index (χ3v) is 7.41. The molecule has 1 rings (SSSR count). The van der Waals surface area contributed by atoms with Gasteiger partial charge in [-0.25, -0.2) is 0 Å². The zero-order valence-corrected chi connectivity index (χ0v) is 11.6. The number of hydrogen-bond acceptors (Lipinski definition) is 1. The van der Waals surface area contributed by atoms with Crippen LogP contribution in [0.3, 0.4) is 0 Å². The molecule has 76 valence electrons. The molecule has 1 saturated heterocycles. The average molecular weight is 314 g/mol. The van der Waals surface area contributed by atoms with Crippen LogP contribution >= 0.6 is 0 Å². The molecule has 0 N–H and O–H groups in total. The molecular formula is C8H16N2OSe2. The quantitative estimate of drug-likeness (QED) is 0.703. The van der Waals surface area contributed by atoms with Crippen LogP contribution in [0.1, 0.15) is 19.3 Å². The van der Waals surface area contributed by atoms with E-state index in [0.717, 1.165) is 13.1 Å². The van der Waals surface area contributed by atoms with Crippen LogP contribution in [0.5, 0.6) is 0 Å². The topological polar surface area (TPSA) is 23.6 Å². The monoisotopic (exact) mass is 316 g/mol. The minimum absolute atomic E-state index is 0.282. The van der Waals surface area contributed by atoms with Gasteiger partial charge < -0.3 is 0 Å². The summed E-state index contributed by atoms with van der Waals surface area (Å²) in [4.78, 5) is 13.9. The van der Waals surface area contributed by atoms with E-state index in [-0.39, 0.29) is 6.03 Å². The first-order chi connectivity index (χ1) is 6.29. The molecule has 1 fully saturated rings. The van der Waals surface area contributed by atoms with E-state index in [1.807, 2.05) is 7.83 Å². The van der Waals surface area contributed by atoms with Crippen molar-refractivity contribution in [2.45, 2.75) is 30.9 Å². The predicted octanol–water partition coefficient (Wildman–Crippen LogP) is 1.23. The van der Waals surface area contributed by atoms with Crippen LogP contribution in [0.2, 0.25) is 11.6 Å². The summed E-state index contributed by atoms with van der Waals surface area (Å²) in [5, 5.41) is 0. The van der Waals surface area contributed by atoms with Gasteiger partial charge in [-0.1, -0.05) is 0 Å². The SMILES string of the molecule is C[Se]N([Se]C)C(=O)N1CCCCC1. The van der Waals surface area contributed by atoms with Gasteiger partial charge in [-0.2, -0.15) is 0 Å². The summed E-state index contributed by atoms with van der Waals surface area (Å²) < 4.78 is 2.02. The molecule has 0 saturated carbocycles. The van der Waals surface area contributed by atoms with Gasteiger partial charge in [0.25, 0.3) is 0 Å². The molecule has 0 bridgehead atoms. The van der Waals surface area contributed by atoms with Gasteiger partial charge in [0.2, 0.25) is 0 Å². The van der Waals surface area contributed by atoms with Gasteiger partial charge in [0.1, 0.15) is 0 Å². The van der Waals surface area contributed by atoms with E-state index in [2.05, 4.69) is 11.6 Å². The summed E-state index contributed by atoms with van der Waals surface area (Å²) in [6.07, 6.45) is 3.67. The summed E-state index contributed by atoms with van der Waals surface area (Å²) in [7, 11) is 0. The number of hydrogen-bond donors (Lipinski definition) is 0. The van der Waals surface area contributed by atoms with Crippen molar-refractivity contribution in [2.75, 3.05) is 13.1 Å². The molecule has 0 aromatic carbocycles. The van der Waals surface area contributed by atoms with Crippen LogP contribution in [-0.4, -0.2) is 57.3 Å². The Morgan fingerprint density at radius 1 is 1.15 bits per heavy atom. The number of carbonyl (C=O) groups excluding carboxylic acids is 1. The molecule has 0 atom stereocenters. The second-order valence-corrected chi connectivity index (χ2v) is 7.19. The Hall–Kier alpha value is 0.309. The molecule has 0 spiro atoms. The van der Waals surface area contributed by atoms with Crippen molar-refractivity contribution < 1.29 is 4.79 Å². The fraction of sp³-hybridized carbons (Fsp3) is 0.875. The van der Waals surface area contributed by atoms with E-state index in [9.17, 15) is 4.79 Å². The summed E-state index contributed by atoms with van der Waals surface area (Å²) in [6, 6.07) is 0.282. The van der Waals surface area contributed by atoms with Crippen LogP contribution in [0.15, 0.2) is 0 Å². The molecule has 1 aliphatic heterocycles. The molecule has 0 aromatic rings. The summed E-state index contributed by atoms with van der Waals surface area (Å²) in [5.41, 5.74) is 0. The van der Waals surface area contributed by atoms with Gasteiger partial charge in [-0.05, 0) is 0 Å². The Morgan fingerprint density at radius 3 is 2.15 bits per heavy atom. The normalized spacial score (nSPS) is 17.2. The van der Waals surface area contributed by atoms with E-state index >= 15 is 0 Å². The summed E-state index contributed by atoms with van der Waals surface area (Å²) >= 11 is 0.673. The van der Waals surface area contributed by atoms with Crippen LogP contribution in [0.25, 0.3) is 0 Å². The summed E-state index contributed by atoms with van der Waals surface area (Å²) in [6.45, 7) is 1.95. The third kappa shape index (κ3) is 3.17. The van der Waals surface area contributed by atoms with E-state index in [4.69, 9.17) is 0 Å². The van der Waals surface area contributed by atoms with E-state index in [0.29, 0.717) is 30.3 Å². The molecule has 1 heterocycles. The number of piperidine rings is 1. The number of urea groups is 1. The third-order valence-electron chi connectivity index (χ3n) is 2.11. The Morgan fingerprint density at radius 2 is 1.69 bits per heavy atom. The number of nitrogens with zero attached hydrogens (tertiary/aromatic N) is 2. The van der Waals surface area contributed by atoms with E-state index < -0.39 is 0 Å². The molecule has 13 heavy (non-hydrogen) atoms. The number of rotatable bonds is 2. The number of carbonyl (C=O) groups is 1. The molecule has 2 amide bonds. The second-order valence-electron chi connectivity index (χ2n) is 2.95. The van der Waals surface area contributed by atoms with Crippen molar-refractivity contribution in [3.63, 3.8) is 0 Å². The predicted molar refractivity (Wildman–Crippen MR) is 55.9 cm³/mol. The fourth-order valence-electron chi connectivity index (χ4n) is 1.43. The van der Waals surface area contributed by atoms with Gasteiger partial charge >= 0.3 is 93.0 Å². The van der Waals surface area contributed by atoms with Crippen LogP contribution < -0.4 is 0 Å². The van der Waals surface area contributed by atoms with Crippen LogP contribution in [0.4, 0.5) is 4.79 Å². The van der Waals surface area contributed by atoms with Crippen molar-refractivity contribution in [3.8, 4) is 0 Å². The zero-order valence-electron chi connectivity index (χ0n) is 8.15. The summed E-state index contributed by atoms with van der Waals surface area (Å²) in [5.74, 6) is 4.22. The first kappa shape index (κ1) is 11.4. The zero-order chi connectivity index (χ0) is 9.68. The standard InChI is InChI=1S/C8H16N2OSe2/c1-12-10(13-2)8(11)9-6-4-3-5-7-9/h3-7H2,1-2H3.